The topological polar surface area (TPSA) is 98.7 Å². The van der Waals surface area contributed by atoms with Gasteiger partial charge in [0.1, 0.15) is 12.1 Å². The standard InChI is InChI=1S/C16H21N3O4S/c1-16(2)14(22)19(15(23)18-16)8-12(21)17-13(9-6-10(20)7-9)11-4-3-5-24-11/h3-5,9-10,13,20H,6-8H2,1-2H3,(H,17,21)(H,18,23). The zero-order chi connectivity index (χ0) is 17.5. The number of rotatable bonds is 5. The fraction of sp³-hybridized carbons (Fsp3) is 0.562. The molecule has 1 unspecified atom stereocenters. The molecule has 0 bridgehead atoms. The second-order valence-corrected chi connectivity index (χ2v) is 7.87. The van der Waals surface area contributed by atoms with Crippen LogP contribution in [0.3, 0.4) is 0 Å². The maximum absolute atomic E-state index is 12.4. The largest absolute Gasteiger partial charge is 0.393 e. The van der Waals surface area contributed by atoms with E-state index < -0.39 is 17.5 Å². The third-order valence-electron chi connectivity index (χ3n) is 4.53. The molecule has 2 fully saturated rings. The lowest BCUT2D eigenvalue weighted by Gasteiger charge is -2.37. The summed E-state index contributed by atoms with van der Waals surface area (Å²) in [5.74, 6) is -0.618. The molecule has 3 N–H and O–H groups in total. The average molecular weight is 351 g/mol. The third-order valence-corrected chi connectivity index (χ3v) is 5.49. The lowest BCUT2D eigenvalue weighted by atomic mass is 9.77. The number of hydrogen-bond acceptors (Lipinski definition) is 5. The van der Waals surface area contributed by atoms with Gasteiger partial charge in [0.15, 0.2) is 0 Å². The summed E-state index contributed by atoms with van der Waals surface area (Å²) in [7, 11) is 0. The number of hydrogen-bond donors (Lipinski definition) is 3. The first-order valence-corrected chi connectivity index (χ1v) is 8.81. The summed E-state index contributed by atoms with van der Waals surface area (Å²) >= 11 is 1.54. The zero-order valence-electron chi connectivity index (χ0n) is 13.6. The van der Waals surface area contributed by atoms with Crippen molar-refractivity contribution >= 4 is 29.2 Å². The Kier molecular flexibility index (Phi) is 4.35. The number of amides is 4. The molecule has 3 rings (SSSR count). The van der Waals surface area contributed by atoms with Crippen LogP contribution in [0.1, 0.15) is 37.6 Å². The molecule has 0 aromatic carbocycles. The van der Waals surface area contributed by atoms with Crippen molar-refractivity contribution in [1.82, 2.24) is 15.5 Å². The van der Waals surface area contributed by atoms with E-state index in [-0.39, 0.29) is 30.5 Å². The van der Waals surface area contributed by atoms with Gasteiger partial charge in [-0.15, -0.1) is 11.3 Å². The molecule has 0 radical (unpaired) electrons. The SMILES string of the molecule is CC1(C)NC(=O)N(CC(=O)NC(c2cccs2)C2CC(O)C2)C1=O. The number of aliphatic hydroxyl groups is 1. The Morgan fingerprint density at radius 2 is 2.21 bits per heavy atom. The van der Waals surface area contributed by atoms with Gasteiger partial charge in [-0.1, -0.05) is 6.07 Å². The predicted molar refractivity (Wildman–Crippen MR) is 88.3 cm³/mol. The Labute approximate surface area is 144 Å². The molecule has 2 aliphatic rings. The number of nitrogens with one attached hydrogen (secondary N) is 2. The quantitative estimate of drug-likeness (QED) is 0.690. The Bertz CT molecular complexity index is 652. The van der Waals surface area contributed by atoms with Gasteiger partial charge in [-0.25, -0.2) is 4.79 Å². The van der Waals surface area contributed by atoms with E-state index in [4.69, 9.17) is 0 Å². The predicted octanol–water partition coefficient (Wildman–Crippen LogP) is 1.01. The summed E-state index contributed by atoms with van der Waals surface area (Å²) in [6.07, 6.45) is 0.957. The maximum atomic E-state index is 12.4. The molecule has 2 heterocycles. The monoisotopic (exact) mass is 351 g/mol. The summed E-state index contributed by atoms with van der Waals surface area (Å²) in [5.41, 5.74) is -0.984. The maximum Gasteiger partial charge on any atom is 0.325 e. The van der Waals surface area contributed by atoms with Crippen LogP contribution >= 0.6 is 11.3 Å². The van der Waals surface area contributed by atoms with E-state index >= 15 is 0 Å². The van der Waals surface area contributed by atoms with E-state index in [0.717, 1.165) is 9.78 Å². The van der Waals surface area contributed by atoms with Crippen molar-refractivity contribution in [3.05, 3.63) is 22.4 Å². The molecule has 1 aromatic rings. The number of thiophene rings is 1. The summed E-state index contributed by atoms with van der Waals surface area (Å²) < 4.78 is 0. The molecule has 1 saturated heterocycles. The summed E-state index contributed by atoms with van der Waals surface area (Å²) in [4.78, 5) is 38.4. The lowest BCUT2D eigenvalue weighted by molar-refractivity contribution is -0.134. The van der Waals surface area contributed by atoms with Crippen molar-refractivity contribution in [3.63, 3.8) is 0 Å². The van der Waals surface area contributed by atoms with Crippen molar-refractivity contribution in [2.24, 2.45) is 5.92 Å². The minimum Gasteiger partial charge on any atom is -0.393 e. The van der Waals surface area contributed by atoms with E-state index in [2.05, 4.69) is 10.6 Å². The first kappa shape index (κ1) is 16.9. The average Bonchev–Trinajstić information content (AvgIpc) is 3.05. The minimum atomic E-state index is -0.984. The molecule has 1 aromatic heterocycles. The number of carbonyl (C=O) groups excluding carboxylic acids is 3. The van der Waals surface area contributed by atoms with E-state index in [1.165, 1.54) is 11.3 Å². The van der Waals surface area contributed by atoms with Crippen molar-refractivity contribution in [2.75, 3.05) is 6.54 Å². The Balaban J connectivity index is 1.66. The summed E-state index contributed by atoms with van der Waals surface area (Å²) in [6.45, 7) is 2.91. The van der Waals surface area contributed by atoms with Gasteiger partial charge in [0, 0.05) is 4.88 Å². The summed E-state index contributed by atoms with van der Waals surface area (Å²) in [5, 5.41) is 17.0. The molecule has 7 nitrogen and oxygen atoms in total. The van der Waals surface area contributed by atoms with Gasteiger partial charge in [0.05, 0.1) is 12.1 Å². The molecule has 1 aliphatic carbocycles. The van der Waals surface area contributed by atoms with Gasteiger partial charge in [-0.2, -0.15) is 0 Å². The molecule has 24 heavy (non-hydrogen) atoms. The highest BCUT2D eigenvalue weighted by molar-refractivity contribution is 7.10. The van der Waals surface area contributed by atoms with Crippen molar-refractivity contribution in [1.29, 1.82) is 0 Å². The number of urea groups is 1. The number of carbonyl (C=O) groups is 3. The van der Waals surface area contributed by atoms with E-state index in [9.17, 15) is 19.5 Å². The van der Waals surface area contributed by atoms with Gasteiger partial charge < -0.3 is 15.7 Å². The molecule has 0 spiro atoms. The number of aliphatic hydroxyl groups excluding tert-OH is 1. The first-order valence-electron chi connectivity index (χ1n) is 7.93. The molecule has 8 heteroatoms. The second-order valence-electron chi connectivity index (χ2n) is 6.89. The molecular weight excluding hydrogens is 330 g/mol. The van der Waals surface area contributed by atoms with Crippen LogP contribution in [0.2, 0.25) is 0 Å². The third kappa shape index (κ3) is 3.16. The fourth-order valence-electron chi connectivity index (χ4n) is 3.12. The van der Waals surface area contributed by atoms with E-state index in [0.29, 0.717) is 12.8 Å². The van der Waals surface area contributed by atoms with Gasteiger partial charge in [0.2, 0.25) is 5.91 Å². The van der Waals surface area contributed by atoms with Crippen LogP contribution in [-0.4, -0.2) is 46.0 Å². The molecule has 1 aliphatic heterocycles. The molecular formula is C16H21N3O4S. The fourth-order valence-corrected chi connectivity index (χ4v) is 3.99. The smallest absolute Gasteiger partial charge is 0.325 e. The van der Waals surface area contributed by atoms with Crippen LogP contribution in [0.5, 0.6) is 0 Å². The molecule has 130 valence electrons. The van der Waals surface area contributed by atoms with Crippen LogP contribution in [-0.2, 0) is 9.59 Å². The van der Waals surface area contributed by atoms with Crippen LogP contribution < -0.4 is 10.6 Å². The van der Waals surface area contributed by atoms with Crippen LogP contribution in [0, 0.1) is 5.92 Å². The summed E-state index contributed by atoms with van der Waals surface area (Å²) in [6, 6.07) is 3.10. The molecule has 4 amide bonds. The Morgan fingerprint density at radius 1 is 1.50 bits per heavy atom. The van der Waals surface area contributed by atoms with Gasteiger partial charge in [-0.05, 0) is 44.1 Å². The highest BCUT2D eigenvalue weighted by Crippen LogP contribution is 2.39. The molecule has 1 saturated carbocycles. The second kappa shape index (κ2) is 6.18. The van der Waals surface area contributed by atoms with Crippen LogP contribution in [0.25, 0.3) is 0 Å². The lowest BCUT2D eigenvalue weighted by Crippen LogP contribution is -2.46. The van der Waals surface area contributed by atoms with Gasteiger partial charge >= 0.3 is 6.03 Å². The normalized spacial score (nSPS) is 26.7. The van der Waals surface area contributed by atoms with Gasteiger partial charge in [-0.3, -0.25) is 14.5 Å². The van der Waals surface area contributed by atoms with Crippen molar-refractivity contribution < 1.29 is 19.5 Å². The van der Waals surface area contributed by atoms with Gasteiger partial charge in [0.25, 0.3) is 5.91 Å². The van der Waals surface area contributed by atoms with Crippen molar-refractivity contribution in [2.45, 2.75) is 44.4 Å². The highest BCUT2D eigenvalue weighted by atomic mass is 32.1. The van der Waals surface area contributed by atoms with Crippen LogP contribution in [0.4, 0.5) is 4.79 Å². The highest BCUT2D eigenvalue weighted by Gasteiger charge is 2.45. The zero-order valence-corrected chi connectivity index (χ0v) is 14.4. The Morgan fingerprint density at radius 3 is 2.71 bits per heavy atom. The molecule has 1 atom stereocenters. The van der Waals surface area contributed by atoms with E-state index in [1.807, 2.05) is 17.5 Å². The van der Waals surface area contributed by atoms with Crippen molar-refractivity contribution in [3.8, 4) is 0 Å². The van der Waals surface area contributed by atoms with Crippen LogP contribution in [0.15, 0.2) is 17.5 Å². The first-order chi connectivity index (χ1) is 11.3. The Hall–Kier alpha value is -1.93. The number of nitrogens with zero attached hydrogens (tertiary/aromatic N) is 1. The minimum absolute atomic E-state index is 0.169. The number of imide groups is 1. The van der Waals surface area contributed by atoms with E-state index in [1.54, 1.807) is 13.8 Å².